The van der Waals surface area contributed by atoms with Crippen LogP contribution in [0, 0.1) is 0 Å². The van der Waals surface area contributed by atoms with Gasteiger partial charge in [-0.15, -0.1) is 0 Å². The Morgan fingerprint density at radius 1 is 1.05 bits per heavy atom. The zero-order chi connectivity index (χ0) is 27.9. The summed E-state index contributed by atoms with van der Waals surface area (Å²) >= 11 is 1.32. The van der Waals surface area contributed by atoms with E-state index < -0.39 is 45.0 Å². The van der Waals surface area contributed by atoms with Gasteiger partial charge in [0.2, 0.25) is 5.95 Å². The molecule has 0 bridgehead atoms. The number of nitrogens with two attached hydrogens (primary N) is 1. The van der Waals surface area contributed by atoms with E-state index in [1.165, 1.54) is 18.1 Å². The van der Waals surface area contributed by atoms with Crippen molar-refractivity contribution in [2.75, 3.05) is 31.0 Å². The molecule has 1 aromatic carbocycles. The van der Waals surface area contributed by atoms with Crippen molar-refractivity contribution in [1.82, 2.24) is 19.5 Å². The van der Waals surface area contributed by atoms with Crippen molar-refractivity contribution in [2.24, 2.45) is 0 Å². The first-order valence-electron chi connectivity index (χ1n) is 11.7. The number of benzene rings is 1. The van der Waals surface area contributed by atoms with Gasteiger partial charge in [-0.05, 0) is 37.6 Å². The van der Waals surface area contributed by atoms with E-state index in [-0.39, 0.29) is 12.5 Å². The van der Waals surface area contributed by atoms with Crippen LogP contribution >= 0.6 is 19.7 Å². The minimum Gasteiger partial charge on any atom is -0.494 e. The van der Waals surface area contributed by atoms with Crippen LogP contribution < -0.4 is 10.5 Å². The summed E-state index contributed by atoms with van der Waals surface area (Å²) in [6.07, 6.45) is -10.3. The van der Waals surface area contributed by atoms with Gasteiger partial charge in [-0.25, -0.2) is 9.97 Å². The number of imidazole rings is 1. The fourth-order valence-corrected chi connectivity index (χ4v) is 6.05. The number of alkyl halides is 6. The lowest BCUT2D eigenvalue weighted by atomic mass is 10.3. The summed E-state index contributed by atoms with van der Waals surface area (Å²) < 4.78 is 89.1. The average Bonchev–Trinajstić information content (AvgIpc) is 3.19. The second-order valence-corrected chi connectivity index (χ2v) is 11.8. The normalized spacial score (nSPS) is 13.4. The lowest BCUT2D eigenvalue weighted by molar-refractivity contribution is -0.112. The van der Waals surface area contributed by atoms with E-state index in [0.29, 0.717) is 22.8 Å². The molecule has 2 heterocycles. The van der Waals surface area contributed by atoms with E-state index in [4.69, 9.17) is 15.2 Å². The number of hydrogen-bond acceptors (Lipinski definition) is 7. The molecule has 0 amide bonds. The van der Waals surface area contributed by atoms with Crippen molar-refractivity contribution < 1.29 is 35.8 Å². The van der Waals surface area contributed by atoms with Gasteiger partial charge in [-0.3, -0.25) is 0 Å². The molecule has 1 atom stereocenters. The van der Waals surface area contributed by atoms with Crippen molar-refractivity contribution in [3.63, 3.8) is 0 Å². The Kier molecular flexibility index (Phi) is 10.5. The van der Waals surface area contributed by atoms with E-state index >= 15 is 0 Å². The van der Waals surface area contributed by atoms with Crippen molar-refractivity contribution in [3.8, 4) is 5.75 Å². The number of aromatic nitrogens is 4. The van der Waals surface area contributed by atoms with Crippen LogP contribution in [-0.2, 0) is 11.3 Å². The van der Waals surface area contributed by atoms with Crippen LogP contribution in [0.1, 0.15) is 26.7 Å². The van der Waals surface area contributed by atoms with Crippen LogP contribution in [0.3, 0.4) is 0 Å². The highest BCUT2D eigenvalue weighted by Gasteiger charge is 2.38. The first kappa shape index (κ1) is 30.2. The number of nitrogen functional groups attached to an aromatic ring is 1. The molecule has 0 spiro atoms. The Labute approximate surface area is 221 Å². The molecule has 7 nitrogen and oxygen atoms in total. The second-order valence-electron chi connectivity index (χ2n) is 8.56. The summed E-state index contributed by atoms with van der Waals surface area (Å²) in [4.78, 5) is 13.7. The molecular weight excluding hydrogens is 555 g/mol. The maximum Gasteiger partial charge on any atom is 0.392 e. The molecule has 3 rings (SSSR count). The lowest BCUT2D eigenvalue weighted by Gasteiger charge is -2.23. The monoisotopic (exact) mass is 583 g/mol. The van der Waals surface area contributed by atoms with Crippen molar-refractivity contribution in [1.29, 1.82) is 0 Å². The third kappa shape index (κ3) is 9.77. The number of rotatable bonds is 13. The number of ether oxygens (including phenoxy) is 2. The van der Waals surface area contributed by atoms with Gasteiger partial charge in [0.25, 0.3) is 0 Å². The van der Waals surface area contributed by atoms with Gasteiger partial charge in [0, 0.05) is 4.90 Å². The largest absolute Gasteiger partial charge is 0.494 e. The minimum absolute atomic E-state index is 0.00582. The number of halogens is 6. The minimum atomic E-state index is -4.70. The Balaban J connectivity index is 1.68. The Morgan fingerprint density at radius 3 is 2.32 bits per heavy atom. The van der Waals surface area contributed by atoms with Crippen LogP contribution in [-0.4, -0.2) is 63.3 Å². The summed E-state index contributed by atoms with van der Waals surface area (Å²) in [6.45, 7) is 4.38. The molecule has 3 aromatic rings. The first-order chi connectivity index (χ1) is 17.8. The topological polar surface area (TPSA) is 88.1 Å². The summed E-state index contributed by atoms with van der Waals surface area (Å²) in [7, 11) is -2.47. The van der Waals surface area contributed by atoms with E-state index in [1.54, 1.807) is 11.5 Å². The third-order valence-electron chi connectivity index (χ3n) is 5.06. The highest BCUT2D eigenvalue weighted by Crippen LogP contribution is 2.46. The SMILES string of the molecule is CCCCOc1ccc(Sc2nc(N)nc3c2ncn3CC(C)OCP(CC(F)(F)F)CC(F)(F)F)cc1. The van der Waals surface area contributed by atoms with Gasteiger partial charge in [0.1, 0.15) is 16.3 Å². The van der Waals surface area contributed by atoms with Crippen molar-refractivity contribution in [3.05, 3.63) is 30.6 Å². The molecule has 0 fully saturated rings. The molecule has 2 N–H and O–H groups in total. The highest BCUT2D eigenvalue weighted by atomic mass is 32.2. The molecule has 0 saturated heterocycles. The van der Waals surface area contributed by atoms with E-state index in [1.807, 2.05) is 24.3 Å². The van der Waals surface area contributed by atoms with Crippen molar-refractivity contribution >= 4 is 36.8 Å². The van der Waals surface area contributed by atoms with Crippen LogP contribution in [0.4, 0.5) is 32.3 Å². The Morgan fingerprint density at radius 2 is 1.71 bits per heavy atom. The maximum atomic E-state index is 12.7. The summed E-state index contributed by atoms with van der Waals surface area (Å²) in [5.41, 5.74) is 6.74. The summed E-state index contributed by atoms with van der Waals surface area (Å²) in [5.74, 6) is 0.747. The zero-order valence-corrected chi connectivity index (χ0v) is 22.4. The predicted molar refractivity (Wildman–Crippen MR) is 135 cm³/mol. The fraction of sp³-hybridized carbons (Fsp3) is 0.522. The molecule has 0 saturated carbocycles. The van der Waals surface area contributed by atoms with Gasteiger partial charge in [-0.2, -0.15) is 31.3 Å². The standard InChI is InChI=1S/C23H28F6N5O2PS/c1-3-4-9-35-16-5-7-17(8-6-16)38-20-18-19(32-21(30)33-20)34(13-31-18)10-15(2)36-14-37(11-22(24,25)26)12-23(27,28)29/h5-8,13,15H,3-4,9-12,14H2,1-2H3,(H2,30,32,33). The Hall–Kier alpha value is -2.31. The van der Waals surface area contributed by atoms with Gasteiger partial charge < -0.3 is 19.8 Å². The van der Waals surface area contributed by atoms with E-state index in [0.717, 1.165) is 23.5 Å². The second kappa shape index (κ2) is 13.2. The number of unbranched alkanes of at least 4 members (excludes halogenated alkanes) is 1. The van der Waals surface area contributed by atoms with Crippen LogP contribution in [0.15, 0.2) is 40.5 Å². The molecule has 2 aromatic heterocycles. The highest BCUT2D eigenvalue weighted by molar-refractivity contribution is 7.99. The van der Waals surface area contributed by atoms with Crippen LogP contribution in [0.5, 0.6) is 5.75 Å². The first-order valence-corrected chi connectivity index (χ1v) is 14.4. The summed E-state index contributed by atoms with van der Waals surface area (Å²) in [6, 6.07) is 7.46. The van der Waals surface area contributed by atoms with Gasteiger partial charge in [-0.1, -0.05) is 33.0 Å². The Bertz CT molecular complexity index is 1160. The predicted octanol–water partition coefficient (Wildman–Crippen LogP) is 6.71. The molecule has 0 aliphatic carbocycles. The molecule has 0 aliphatic rings. The molecule has 1 unspecified atom stereocenters. The van der Waals surface area contributed by atoms with Crippen LogP contribution in [0.2, 0.25) is 0 Å². The number of fused-ring (bicyclic) bond motifs is 1. The fourth-order valence-electron chi connectivity index (χ4n) is 3.41. The van der Waals surface area contributed by atoms with E-state index in [2.05, 4.69) is 21.9 Å². The quantitative estimate of drug-likeness (QED) is 0.104. The third-order valence-corrected chi connectivity index (χ3v) is 8.17. The molecule has 210 valence electrons. The van der Waals surface area contributed by atoms with Crippen LogP contribution in [0.25, 0.3) is 11.2 Å². The molecular formula is C23H28F6N5O2PS. The molecule has 0 radical (unpaired) electrons. The van der Waals surface area contributed by atoms with E-state index in [9.17, 15) is 26.3 Å². The molecule has 0 aliphatic heterocycles. The summed E-state index contributed by atoms with van der Waals surface area (Å²) in [5, 5.41) is 0.498. The lowest BCUT2D eigenvalue weighted by Crippen LogP contribution is -2.24. The average molecular weight is 584 g/mol. The zero-order valence-electron chi connectivity index (χ0n) is 20.7. The smallest absolute Gasteiger partial charge is 0.392 e. The maximum absolute atomic E-state index is 12.7. The molecule has 15 heteroatoms. The van der Waals surface area contributed by atoms with Gasteiger partial charge in [0.05, 0.1) is 44.3 Å². The van der Waals surface area contributed by atoms with Gasteiger partial charge >= 0.3 is 12.4 Å². The molecule has 38 heavy (non-hydrogen) atoms. The van der Waals surface area contributed by atoms with Gasteiger partial charge in [0.15, 0.2) is 5.65 Å². The number of anilines is 1. The number of hydrogen-bond donors (Lipinski definition) is 1. The van der Waals surface area contributed by atoms with Crippen molar-refractivity contribution in [2.45, 2.75) is 61.6 Å². The number of nitrogens with zero attached hydrogens (tertiary/aromatic N) is 4.